The summed E-state index contributed by atoms with van der Waals surface area (Å²) >= 11 is 3.27. The minimum absolute atomic E-state index is 0.0259. The van der Waals surface area contributed by atoms with Gasteiger partial charge < -0.3 is 10.4 Å². The number of nitrogens with zero attached hydrogens (tertiary/aromatic N) is 1. The lowest BCUT2D eigenvalue weighted by Crippen LogP contribution is -2.35. The summed E-state index contributed by atoms with van der Waals surface area (Å²) in [7, 11) is -3.68. The predicted molar refractivity (Wildman–Crippen MR) is 80.5 cm³/mol. The zero-order valence-electron chi connectivity index (χ0n) is 11.2. The number of anilines is 1. The Morgan fingerprint density at radius 1 is 1.38 bits per heavy atom. The third-order valence-corrected chi connectivity index (χ3v) is 6.55. The van der Waals surface area contributed by atoms with Gasteiger partial charge in [0.25, 0.3) is 0 Å². The van der Waals surface area contributed by atoms with E-state index in [1.54, 1.807) is 12.1 Å². The topological polar surface area (TPSA) is 86.7 Å². The van der Waals surface area contributed by atoms with E-state index in [0.717, 1.165) is 12.8 Å². The molecule has 1 heterocycles. The lowest BCUT2D eigenvalue weighted by atomic mass is 10.2. The third-order valence-electron chi connectivity index (χ3n) is 3.64. The number of aliphatic hydroxyl groups excluding tert-OH is 1. The maximum Gasteiger partial charge on any atom is 0.244 e. The van der Waals surface area contributed by atoms with Crippen LogP contribution in [0.15, 0.2) is 21.5 Å². The SMILES string of the molecule is O=C1Cc2cc(S(=O)(=O)N(CCO)C3CC3)c(Br)cc2N1. The highest BCUT2D eigenvalue weighted by Gasteiger charge is 2.39. The van der Waals surface area contributed by atoms with Crippen molar-refractivity contribution >= 4 is 37.5 Å². The molecule has 2 N–H and O–H groups in total. The van der Waals surface area contributed by atoms with Crippen LogP contribution in [-0.2, 0) is 21.2 Å². The molecular formula is C13H15BrN2O4S. The highest BCUT2D eigenvalue weighted by Crippen LogP contribution is 2.37. The number of carbonyl (C=O) groups is 1. The number of halogens is 1. The van der Waals surface area contributed by atoms with E-state index in [2.05, 4.69) is 21.2 Å². The van der Waals surface area contributed by atoms with Gasteiger partial charge in [0.05, 0.1) is 17.9 Å². The van der Waals surface area contributed by atoms with Gasteiger partial charge in [-0.25, -0.2) is 8.42 Å². The Kier molecular flexibility index (Phi) is 3.81. The van der Waals surface area contributed by atoms with Crippen LogP contribution in [0.1, 0.15) is 18.4 Å². The van der Waals surface area contributed by atoms with E-state index in [0.29, 0.717) is 15.7 Å². The molecule has 0 unspecified atom stereocenters. The van der Waals surface area contributed by atoms with Gasteiger partial charge in [0, 0.05) is 22.7 Å². The van der Waals surface area contributed by atoms with Gasteiger partial charge >= 0.3 is 0 Å². The van der Waals surface area contributed by atoms with Crippen LogP contribution in [0.2, 0.25) is 0 Å². The Hall–Kier alpha value is -0.960. The quantitative estimate of drug-likeness (QED) is 0.807. The van der Waals surface area contributed by atoms with Gasteiger partial charge in [0.1, 0.15) is 0 Å². The minimum atomic E-state index is -3.68. The number of rotatable bonds is 5. The Balaban J connectivity index is 2.03. The van der Waals surface area contributed by atoms with E-state index in [1.165, 1.54) is 4.31 Å². The summed E-state index contributed by atoms with van der Waals surface area (Å²) in [6.07, 6.45) is 1.83. The molecule has 1 saturated carbocycles. The zero-order chi connectivity index (χ0) is 15.2. The highest BCUT2D eigenvalue weighted by atomic mass is 79.9. The molecule has 0 radical (unpaired) electrons. The van der Waals surface area contributed by atoms with Gasteiger partial charge in [-0.2, -0.15) is 4.31 Å². The van der Waals surface area contributed by atoms with Crippen LogP contribution in [0, 0.1) is 0 Å². The number of carbonyl (C=O) groups excluding carboxylic acids is 1. The van der Waals surface area contributed by atoms with Crippen LogP contribution < -0.4 is 5.32 Å². The summed E-state index contributed by atoms with van der Waals surface area (Å²) < 4.78 is 27.3. The molecule has 1 fully saturated rings. The van der Waals surface area contributed by atoms with E-state index in [-0.39, 0.29) is 36.4 Å². The van der Waals surface area contributed by atoms with Crippen LogP contribution in [0.5, 0.6) is 0 Å². The molecule has 1 aromatic carbocycles. The molecule has 1 aliphatic carbocycles. The number of fused-ring (bicyclic) bond motifs is 1. The molecule has 0 atom stereocenters. The second-order valence-electron chi connectivity index (χ2n) is 5.24. The Bertz CT molecular complexity index is 700. The summed E-state index contributed by atoms with van der Waals surface area (Å²) in [5.41, 5.74) is 1.33. The summed E-state index contributed by atoms with van der Waals surface area (Å²) in [5, 5.41) is 11.8. The van der Waals surface area contributed by atoms with E-state index < -0.39 is 10.0 Å². The molecular weight excluding hydrogens is 360 g/mol. The smallest absolute Gasteiger partial charge is 0.244 e. The van der Waals surface area contributed by atoms with Crippen LogP contribution >= 0.6 is 15.9 Å². The third kappa shape index (κ3) is 2.73. The zero-order valence-corrected chi connectivity index (χ0v) is 13.6. The first-order valence-electron chi connectivity index (χ1n) is 6.68. The molecule has 1 aromatic rings. The first-order valence-corrected chi connectivity index (χ1v) is 8.92. The van der Waals surface area contributed by atoms with Crippen LogP contribution in [0.3, 0.4) is 0 Å². The number of amides is 1. The van der Waals surface area contributed by atoms with Gasteiger partial charge in [-0.3, -0.25) is 4.79 Å². The van der Waals surface area contributed by atoms with Crippen molar-refractivity contribution in [3.63, 3.8) is 0 Å². The minimum Gasteiger partial charge on any atom is -0.395 e. The van der Waals surface area contributed by atoms with Crippen molar-refractivity contribution in [2.24, 2.45) is 0 Å². The molecule has 2 aliphatic rings. The lowest BCUT2D eigenvalue weighted by Gasteiger charge is -2.22. The number of nitrogens with one attached hydrogen (secondary N) is 1. The Morgan fingerprint density at radius 2 is 2.10 bits per heavy atom. The van der Waals surface area contributed by atoms with Crippen molar-refractivity contribution in [1.29, 1.82) is 0 Å². The van der Waals surface area contributed by atoms with Gasteiger partial charge in [0.2, 0.25) is 15.9 Å². The molecule has 3 rings (SSSR count). The van der Waals surface area contributed by atoms with Crippen molar-refractivity contribution in [1.82, 2.24) is 4.31 Å². The molecule has 0 aromatic heterocycles. The van der Waals surface area contributed by atoms with E-state index in [9.17, 15) is 13.2 Å². The Morgan fingerprint density at radius 3 is 2.71 bits per heavy atom. The monoisotopic (exact) mass is 374 g/mol. The van der Waals surface area contributed by atoms with Crippen LogP contribution in [0.4, 0.5) is 5.69 Å². The fraction of sp³-hybridized carbons (Fsp3) is 0.462. The molecule has 21 heavy (non-hydrogen) atoms. The average molecular weight is 375 g/mol. The first-order chi connectivity index (χ1) is 9.93. The average Bonchev–Trinajstić information content (AvgIpc) is 3.17. The summed E-state index contributed by atoms with van der Waals surface area (Å²) in [6.45, 7) is -0.119. The number of hydrogen-bond donors (Lipinski definition) is 2. The largest absolute Gasteiger partial charge is 0.395 e. The van der Waals surface area contributed by atoms with Crippen molar-refractivity contribution in [3.8, 4) is 0 Å². The normalized spacial score (nSPS) is 18.0. The molecule has 0 spiro atoms. The van der Waals surface area contributed by atoms with E-state index >= 15 is 0 Å². The standard InChI is InChI=1S/C13H15BrN2O4S/c14-10-7-11-8(6-13(18)15-11)5-12(10)21(19,20)16(3-4-17)9-1-2-9/h5,7,9,17H,1-4,6H2,(H,15,18). The van der Waals surface area contributed by atoms with Gasteiger partial charge in [-0.05, 0) is 46.5 Å². The fourth-order valence-corrected chi connectivity index (χ4v) is 5.24. The first kappa shape index (κ1) is 15.0. The van der Waals surface area contributed by atoms with Crippen molar-refractivity contribution < 1.29 is 18.3 Å². The van der Waals surface area contributed by atoms with Crippen molar-refractivity contribution in [2.45, 2.75) is 30.2 Å². The summed E-state index contributed by atoms with van der Waals surface area (Å²) in [4.78, 5) is 11.6. The van der Waals surface area contributed by atoms with Crippen LogP contribution in [-0.4, -0.2) is 42.9 Å². The molecule has 1 aliphatic heterocycles. The van der Waals surface area contributed by atoms with E-state index in [1.807, 2.05) is 0 Å². The van der Waals surface area contributed by atoms with Crippen LogP contribution in [0.25, 0.3) is 0 Å². The summed E-state index contributed by atoms with van der Waals surface area (Å²) in [5.74, 6) is -0.138. The number of aliphatic hydroxyl groups is 1. The van der Waals surface area contributed by atoms with Gasteiger partial charge in [-0.1, -0.05) is 0 Å². The lowest BCUT2D eigenvalue weighted by molar-refractivity contribution is -0.115. The molecule has 1 amide bonds. The fourth-order valence-electron chi connectivity index (χ4n) is 2.51. The Labute approximate surface area is 131 Å². The maximum atomic E-state index is 12.8. The van der Waals surface area contributed by atoms with Crippen molar-refractivity contribution in [2.75, 3.05) is 18.5 Å². The number of benzene rings is 1. The van der Waals surface area contributed by atoms with Crippen molar-refractivity contribution in [3.05, 3.63) is 22.2 Å². The predicted octanol–water partition coefficient (Wildman–Crippen LogP) is 1.09. The maximum absolute atomic E-state index is 12.8. The molecule has 8 heteroatoms. The summed E-state index contributed by atoms with van der Waals surface area (Å²) in [6, 6.07) is 3.14. The highest BCUT2D eigenvalue weighted by molar-refractivity contribution is 9.10. The second kappa shape index (κ2) is 5.35. The number of sulfonamides is 1. The molecule has 6 nitrogen and oxygen atoms in total. The number of hydrogen-bond acceptors (Lipinski definition) is 4. The molecule has 0 saturated heterocycles. The van der Waals surface area contributed by atoms with Gasteiger partial charge in [-0.15, -0.1) is 0 Å². The van der Waals surface area contributed by atoms with E-state index in [4.69, 9.17) is 5.11 Å². The second-order valence-corrected chi connectivity index (χ2v) is 7.95. The molecule has 114 valence electrons. The van der Waals surface area contributed by atoms with Gasteiger partial charge in [0.15, 0.2) is 0 Å². The molecule has 0 bridgehead atoms.